The van der Waals surface area contributed by atoms with E-state index in [2.05, 4.69) is 0 Å². The van der Waals surface area contributed by atoms with Gasteiger partial charge in [0.15, 0.2) is 0 Å². The summed E-state index contributed by atoms with van der Waals surface area (Å²) in [4.78, 5) is 11.0. The molecule has 0 bridgehead atoms. The first-order valence-corrected chi connectivity index (χ1v) is 6.20. The summed E-state index contributed by atoms with van der Waals surface area (Å²) >= 11 is 0. The Balaban J connectivity index is 2.62. The number of methoxy groups -OCH3 is 1. The van der Waals surface area contributed by atoms with Crippen LogP contribution in [0.25, 0.3) is 10.9 Å². The molecule has 4 heteroatoms. The van der Waals surface area contributed by atoms with Crippen molar-refractivity contribution in [2.24, 2.45) is 7.05 Å². The highest BCUT2D eigenvalue weighted by atomic mass is 16.5. The number of rotatable bonds is 4. The third kappa shape index (κ3) is 2.43. The van der Waals surface area contributed by atoms with Gasteiger partial charge in [-0.3, -0.25) is 4.79 Å². The number of hydrogen-bond acceptors (Lipinski definition) is 2. The number of fused-ring (bicyclic) bond motifs is 1. The first kappa shape index (κ1) is 13.5. The van der Waals surface area contributed by atoms with Crippen LogP contribution in [-0.2, 0) is 17.3 Å². The summed E-state index contributed by atoms with van der Waals surface area (Å²) in [5.41, 5.74) is 1.69. The van der Waals surface area contributed by atoms with E-state index < -0.39 is 11.4 Å². The van der Waals surface area contributed by atoms with Gasteiger partial charge in [0, 0.05) is 29.6 Å². The van der Waals surface area contributed by atoms with Gasteiger partial charge in [-0.1, -0.05) is 13.8 Å². The molecule has 0 saturated carbocycles. The van der Waals surface area contributed by atoms with Gasteiger partial charge >= 0.3 is 5.97 Å². The zero-order valence-corrected chi connectivity index (χ0v) is 11.7. The number of carbonyl (C=O) groups is 1. The number of aromatic nitrogens is 1. The van der Waals surface area contributed by atoms with E-state index in [1.165, 1.54) is 0 Å². The Morgan fingerprint density at radius 3 is 2.68 bits per heavy atom. The highest BCUT2D eigenvalue weighted by Crippen LogP contribution is 2.35. The van der Waals surface area contributed by atoms with Gasteiger partial charge in [-0.2, -0.15) is 0 Å². The van der Waals surface area contributed by atoms with Crippen LogP contribution < -0.4 is 4.74 Å². The van der Waals surface area contributed by atoms with Crippen molar-refractivity contribution < 1.29 is 14.6 Å². The molecule has 0 saturated heterocycles. The number of carboxylic acid groups (broad SMARTS) is 1. The lowest BCUT2D eigenvalue weighted by molar-refractivity contribution is -0.138. The zero-order chi connectivity index (χ0) is 14.2. The standard InChI is InChI=1S/C15H19NO3/c1-15(2,8-14(17)18)12-9-16(3)13-6-5-10(19-4)7-11(12)13/h5-7,9H,8H2,1-4H3,(H,17,18). The summed E-state index contributed by atoms with van der Waals surface area (Å²) in [7, 11) is 3.60. The van der Waals surface area contributed by atoms with Gasteiger partial charge in [0.2, 0.25) is 0 Å². The van der Waals surface area contributed by atoms with Crippen molar-refractivity contribution in [3.63, 3.8) is 0 Å². The van der Waals surface area contributed by atoms with E-state index in [9.17, 15) is 4.79 Å². The third-order valence-corrected chi connectivity index (χ3v) is 3.52. The quantitative estimate of drug-likeness (QED) is 0.920. The van der Waals surface area contributed by atoms with Crippen LogP contribution in [-0.4, -0.2) is 22.8 Å². The summed E-state index contributed by atoms with van der Waals surface area (Å²) < 4.78 is 7.28. The van der Waals surface area contributed by atoms with Crippen molar-refractivity contribution in [2.75, 3.05) is 7.11 Å². The number of aliphatic carboxylic acids is 1. The third-order valence-electron chi connectivity index (χ3n) is 3.52. The minimum Gasteiger partial charge on any atom is -0.497 e. The lowest BCUT2D eigenvalue weighted by Gasteiger charge is -2.22. The van der Waals surface area contributed by atoms with Crippen LogP contribution in [0.3, 0.4) is 0 Å². The molecule has 0 radical (unpaired) electrons. The largest absolute Gasteiger partial charge is 0.497 e. The number of carboxylic acids is 1. The van der Waals surface area contributed by atoms with Crippen molar-refractivity contribution in [1.82, 2.24) is 4.57 Å². The van der Waals surface area contributed by atoms with Gasteiger partial charge in [0.05, 0.1) is 13.5 Å². The van der Waals surface area contributed by atoms with Crippen LogP contribution in [0.5, 0.6) is 5.75 Å². The molecular formula is C15H19NO3. The first-order valence-electron chi connectivity index (χ1n) is 6.20. The Morgan fingerprint density at radius 2 is 2.11 bits per heavy atom. The number of aryl methyl sites for hydroxylation is 1. The average Bonchev–Trinajstić information content (AvgIpc) is 2.65. The summed E-state index contributed by atoms with van der Waals surface area (Å²) in [5.74, 6) is -0.00373. The van der Waals surface area contributed by atoms with Crippen LogP contribution in [0.2, 0.25) is 0 Å². The molecule has 1 N–H and O–H groups in total. The monoisotopic (exact) mass is 261 g/mol. The van der Waals surface area contributed by atoms with Crippen molar-refractivity contribution in [1.29, 1.82) is 0 Å². The molecule has 0 aliphatic heterocycles. The molecule has 0 atom stereocenters. The average molecular weight is 261 g/mol. The topological polar surface area (TPSA) is 51.5 Å². The van der Waals surface area contributed by atoms with Crippen LogP contribution >= 0.6 is 0 Å². The number of hydrogen-bond donors (Lipinski definition) is 1. The van der Waals surface area contributed by atoms with E-state index in [4.69, 9.17) is 9.84 Å². The maximum Gasteiger partial charge on any atom is 0.304 e. The molecule has 0 aliphatic rings. The molecule has 2 aromatic rings. The molecule has 2 rings (SSSR count). The summed E-state index contributed by atoms with van der Waals surface area (Å²) in [5, 5.41) is 10.1. The molecule has 1 heterocycles. The molecule has 19 heavy (non-hydrogen) atoms. The fraction of sp³-hybridized carbons (Fsp3) is 0.400. The number of benzene rings is 1. The smallest absolute Gasteiger partial charge is 0.304 e. The Labute approximate surface area is 112 Å². The van der Waals surface area contributed by atoms with Gasteiger partial charge in [0.25, 0.3) is 0 Å². The SMILES string of the molecule is COc1ccc2c(c1)c(C(C)(C)CC(=O)O)cn2C. The lowest BCUT2D eigenvalue weighted by Crippen LogP contribution is -2.21. The summed E-state index contributed by atoms with van der Waals surface area (Å²) in [6, 6.07) is 5.87. The molecule has 4 nitrogen and oxygen atoms in total. The summed E-state index contributed by atoms with van der Waals surface area (Å²) in [6.07, 6.45) is 2.11. The predicted octanol–water partition coefficient (Wildman–Crippen LogP) is 2.94. The van der Waals surface area contributed by atoms with E-state index in [0.717, 1.165) is 22.2 Å². The lowest BCUT2D eigenvalue weighted by atomic mass is 9.81. The zero-order valence-electron chi connectivity index (χ0n) is 11.7. The molecule has 0 aliphatic carbocycles. The normalized spacial score (nSPS) is 11.8. The number of nitrogens with zero attached hydrogens (tertiary/aromatic N) is 1. The van der Waals surface area contributed by atoms with E-state index in [1.807, 2.05) is 49.9 Å². The van der Waals surface area contributed by atoms with E-state index in [1.54, 1.807) is 7.11 Å². The van der Waals surface area contributed by atoms with Crippen molar-refractivity contribution in [3.8, 4) is 5.75 Å². The van der Waals surface area contributed by atoms with Gasteiger partial charge in [-0.15, -0.1) is 0 Å². The van der Waals surface area contributed by atoms with Crippen molar-refractivity contribution in [2.45, 2.75) is 25.7 Å². The molecule has 0 spiro atoms. The highest BCUT2D eigenvalue weighted by molar-refractivity contribution is 5.87. The van der Waals surface area contributed by atoms with Gasteiger partial charge in [0.1, 0.15) is 5.75 Å². The Kier molecular flexibility index (Phi) is 3.27. The minimum absolute atomic E-state index is 0.101. The fourth-order valence-electron chi connectivity index (χ4n) is 2.51. The van der Waals surface area contributed by atoms with E-state index in [0.29, 0.717) is 0 Å². The van der Waals surface area contributed by atoms with Gasteiger partial charge in [-0.25, -0.2) is 0 Å². The highest BCUT2D eigenvalue weighted by Gasteiger charge is 2.27. The van der Waals surface area contributed by atoms with E-state index in [-0.39, 0.29) is 6.42 Å². The van der Waals surface area contributed by atoms with Crippen LogP contribution in [0.1, 0.15) is 25.8 Å². The molecule has 0 amide bonds. The van der Waals surface area contributed by atoms with Gasteiger partial charge < -0.3 is 14.4 Å². The molecule has 0 fully saturated rings. The molecule has 1 aromatic heterocycles. The first-order chi connectivity index (χ1) is 8.85. The molecular weight excluding hydrogens is 242 g/mol. The molecule has 102 valence electrons. The molecule has 0 unspecified atom stereocenters. The van der Waals surface area contributed by atoms with Crippen LogP contribution in [0.4, 0.5) is 0 Å². The maximum absolute atomic E-state index is 11.0. The molecule has 1 aromatic carbocycles. The second-order valence-electron chi connectivity index (χ2n) is 5.49. The second kappa shape index (κ2) is 4.61. The second-order valence-corrected chi connectivity index (χ2v) is 5.49. The van der Waals surface area contributed by atoms with E-state index >= 15 is 0 Å². The van der Waals surface area contributed by atoms with Crippen LogP contribution in [0.15, 0.2) is 24.4 Å². The minimum atomic E-state index is -0.787. The number of ether oxygens (including phenoxy) is 1. The predicted molar refractivity (Wildman–Crippen MR) is 74.7 cm³/mol. The summed E-state index contributed by atoms with van der Waals surface area (Å²) in [6.45, 7) is 3.91. The van der Waals surface area contributed by atoms with Crippen molar-refractivity contribution >= 4 is 16.9 Å². The van der Waals surface area contributed by atoms with Gasteiger partial charge in [-0.05, 0) is 23.8 Å². The Bertz CT molecular complexity index is 626. The van der Waals surface area contributed by atoms with Crippen molar-refractivity contribution in [3.05, 3.63) is 30.0 Å². The Hall–Kier alpha value is -1.97. The fourth-order valence-corrected chi connectivity index (χ4v) is 2.51. The van der Waals surface area contributed by atoms with Crippen LogP contribution in [0, 0.1) is 0 Å². The Morgan fingerprint density at radius 1 is 1.42 bits per heavy atom. The maximum atomic E-state index is 11.0.